The number of fused-ring (bicyclic) bond motifs is 1. The van der Waals surface area contributed by atoms with Gasteiger partial charge in [0.15, 0.2) is 0 Å². The molecule has 0 bridgehead atoms. The molecule has 2 aromatic rings. The van der Waals surface area contributed by atoms with Gasteiger partial charge in [-0.05, 0) is 18.7 Å². The molecule has 0 aliphatic rings. The molecular formula is C11H12Cl2N2. The highest BCUT2D eigenvalue weighted by molar-refractivity contribution is 6.45. The number of hydrogen-bond donors (Lipinski definition) is 1. The third-order valence-electron chi connectivity index (χ3n) is 2.48. The highest BCUT2D eigenvalue weighted by Crippen LogP contribution is 2.33. The van der Waals surface area contributed by atoms with E-state index in [1.165, 1.54) is 5.56 Å². The molecular weight excluding hydrogens is 231 g/mol. The molecule has 0 atom stereocenters. The minimum Gasteiger partial charge on any atom is -0.349 e. The van der Waals surface area contributed by atoms with Gasteiger partial charge in [0.25, 0.3) is 0 Å². The fraction of sp³-hybridized carbons (Fsp3) is 0.273. The van der Waals surface area contributed by atoms with E-state index in [1.54, 1.807) is 0 Å². The summed E-state index contributed by atoms with van der Waals surface area (Å²) in [5.74, 6) is 0. The molecule has 80 valence electrons. The van der Waals surface area contributed by atoms with Crippen molar-refractivity contribution in [1.29, 1.82) is 0 Å². The largest absolute Gasteiger partial charge is 0.349 e. The second-order valence-electron chi connectivity index (χ2n) is 3.55. The van der Waals surface area contributed by atoms with Crippen LogP contribution in [0.1, 0.15) is 5.56 Å². The SMILES string of the molecule is CNCc1cn(C)c2c(Cl)c(Cl)ccc12. The maximum absolute atomic E-state index is 6.17. The first-order valence-electron chi connectivity index (χ1n) is 4.71. The summed E-state index contributed by atoms with van der Waals surface area (Å²) < 4.78 is 2.01. The van der Waals surface area contributed by atoms with E-state index in [1.807, 2.05) is 30.8 Å². The van der Waals surface area contributed by atoms with Crippen LogP contribution in [0.15, 0.2) is 18.3 Å². The number of nitrogens with one attached hydrogen (secondary N) is 1. The van der Waals surface area contributed by atoms with E-state index in [0.717, 1.165) is 17.4 Å². The molecule has 0 spiro atoms. The second kappa shape index (κ2) is 4.05. The Kier molecular flexibility index (Phi) is 2.91. The van der Waals surface area contributed by atoms with Crippen molar-refractivity contribution < 1.29 is 0 Å². The minimum atomic E-state index is 0.598. The lowest BCUT2D eigenvalue weighted by atomic mass is 10.2. The molecule has 0 saturated carbocycles. The standard InChI is InChI=1S/C11H12Cl2N2/c1-14-5-7-6-15(2)11-8(7)3-4-9(12)10(11)13/h3-4,6,14H,5H2,1-2H3. The molecule has 15 heavy (non-hydrogen) atoms. The number of halogens is 2. The molecule has 2 nitrogen and oxygen atoms in total. The highest BCUT2D eigenvalue weighted by Gasteiger charge is 2.11. The van der Waals surface area contributed by atoms with Crippen LogP contribution < -0.4 is 5.32 Å². The zero-order valence-electron chi connectivity index (χ0n) is 8.64. The lowest BCUT2D eigenvalue weighted by Gasteiger charge is -2.01. The van der Waals surface area contributed by atoms with Gasteiger partial charge in [-0.3, -0.25) is 0 Å². The third-order valence-corrected chi connectivity index (χ3v) is 3.28. The average molecular weight is 243 g/mol. The molecule has 1 aromatic carbocycles. The predicted octanol–water partition coefficient (Wildman–Crippen LogP) is 3.20. The molecule has 0 amide bonds. The van der Waals surface area contributed by atoms with Crippen LogP contribution in [0.3, 0.4) is 0 Å². The summed E-state index contributed by atoms with van der Waals surface area (Å²) in [5.41, 5.74) is 2.22. The van der Waals surface area contributed by atoms with Crippen molar-refractivity contribution in [1.82, 2.24) is 9.88 Å². The Hall–Kier alpha value is -0.700. The van der Waals surface area contributed by atoms with Crippen molar-refractivity contribution in [2.24, 2.45) is 7.05 Å². The van der Waals surface area contributed by atoms with Crippen LogP contribution in [0.4, 0.5) is 0 Å². The Labute approximate surface area is 98.8 Å². The molecule has 0 aliphatic carbocycles. The number of benzene rings is 1. The number of rotatable bonds is 2. The van der Waals surface area contributed by atoms with Gasteiger partial charge in [-0.1, -0.05) is 29.3 Å². The van der Waals surface area contributed by atoms with Gasteiger partial charge >= 0.3 is 0 Å². The van der Waals surface area contributed by atoms with Gasteiger partial charge in [0.1, 0.15) is 0 Å². The van der Waals surface area contributed by atoms with Crippen molar-refractivity contribution in [3.63, 3.8) is 0 Å². The lowest BCUT2D eigenvalue weighted by Crippen LogP contribution is -2.04. The molecule has 1 aromatic heterocycles. The smallest absolute Gasteiger partial charge is 0.0835 e. The van der Waals surface area contributed by atoms with Crippen LogP contribution in [0.2, 0.25) is 10.0 Å². The third kappa shape index (κ3) is 1.73. The maximum Gasteiger partial charge on any atom is 0.0835 e. The second-order valence-corrected chi connectivity index (χ2v) is 4.34. The van der Waals surface area contributed by atoms with Crippen molar-refractivity contribution in [3.8, 4) is 0 Å². The van der Waals surface area contributed by atoms with E-state index in [2.05, 4.69) is 11.5 Å². The highest BCUT2D eigenvalue weighted by atomic mass is 35.5. The molecule has 1 heterocycles. The van der Waals surface area contributed by atoms with E-state index >= 15 is 0 Å². The summed E-state index contributed by atoms with van der Waals surface area (Å²) in [6.07, 6.45) is 2.07. The summed E-state index contributed by atoms with van der Waals surface area (Å²) >= 11 is 12.2. The maximum atomic E-state index is 6.17. The van der Waals surface area contributed by atoms with Crippen LogP contribution in [-0.4, -0.2) is 11.6 Å². The van der Waals surface area contributed by atoms with Gasteiger partial charge in [0, 0.05) is 25.2 Å². The van der Waals surface area contributed by atoms with Crippen LogP contribution in [-0.2, 0) is 13.6 Å². The minimum absolute atomic E-state index is 0.598. The summed E-state index contributed by atoms with van der Waals surface area (Å²) in [7, 11) is 3.90. The Balaban J connectivity index is 2.74. The first-order chi connectivity index (χ1) is 7.15. The fourth-order valence-corrected chi connectivity index (χ4v) is 2.29. The van der Waals surface area contributed by atoms with Gasteiger partial charge in [-0.15, -0.1) is 0 Å². The quantitative estimate of drug-likeness (QED) is 0.856. The molecule has 0 radical (unpaired) electrons. The van der Waals surface area contributed by atoms with Crippen molar-refractivity contribution in [3.05, 3.63) is 33.9 Å². The molecule has 1 N–H and O–H groups in total. The van der Waals surface area contributed by atoms with Crippen molar-refractivity contribution in [2.45, 2.75) is 6.54 Å². The van der Waals surface area contributed by atoms with Crippen molar-refractivity contribution >= 4 is 34.1 Å². The van der Waals surface area contributed by atoms with E-state index in [-0.39, 0.29) is 0 Å². The summed E-state index contributed by atoms with van der Waals surface area (Å²) in [4.78, 5) is 0. The van der Waals surface area contributed by atoms with Gasteiger partial charge in [-0.2, -0.15) is 0 Å². The zero-order valence-corrected chi connectivity index (χ0v) is 10.2. The number of hydrogen-bond acceptors (Lipinski definition) is 1. The van der Waals surface area contributed by atoms with Crippen molar-refractivity contribution in [2.75, 3.05) is 7.05 Å². The molecule has 0 saturated heterocycles. The Morgan fingerprint density at radius 2 is 2.07 bits per heavy atom. The monoisotopic (exact) mass is 242 g/mol. The normalized spacial score (nSPS) is 11.2. The van der Waals surface area contributed by atoms with Crippen LogP contribution in [0.25, 0.3) is 10.9 Å². The van der Waals surface area contributed by atoms with E-state index in [0.29, 0.717) is 10.0 Å². The molecule has 0 unspecified atom stereocenters. The van der Waals surface area contributed by atoms with Gasteiger partial charge < -0.3 is 9.88 Å². The van der Waals surface area contributed by atoms with Crippen LogP contribution >= 0.6 is 23.2 Å². The van der Waals surface area contributed by atoms with E-state index < -0.39 is 0 Å². The lowest BCUT2D eigenvalue weighted by molar-refractivity contribution is 0.815. The number of nitrogens with zero attached hydrogens (tertiary/aromatic N) is 1. The van der Waals surface area contributed by atoms with Crippen LogP contribution in [0.5, 0.6) is 0 Å². The molecule has 2 rings (SSSR count). The average Bonchev–Trinajstić information content (AvgIpc) is 2.51. The predicted molar refractivity (Wildman–Crippen MR) is 65.7 cm³/mol. The van der Waals surface area contributed by atoms with E-state index in [9.17, 15) is 0 Å². The molecule has 0 fully saturated rings. The Morgan fingerprint density at radius 3 is 2.73 bits per heavy atom. The zero-order chi connectivity index (χ0) is 11.0. The summed E-state index contributed by atoms with van der Waals surface area (Å²) in [5, 5.41) is 5.51. The number of aromatic nitrogens is 1. The first-order valence-corrected chi connectivity index (χ1v) is 5.47. The first kappa shape index (κ1) is 10.8. The van der Waals surface area contributed by atoms with Crippen LogP contribution in [0, 0.1) is 0 Å². The molecule has 4 heteroatoms. The van der Waals surface area contributed by atoms with E-state index in [4.69, 9.17) is 23.2 Å². The summed E-state index contributed by atoms with van der Waals surface area (Å²) in [6, 6.07) is 3.85. The van der Waals surface area contributed by atoms with Gasteiger partial charge in [0.2, 0.25) is 0 Å². The van der Waals surface area contributed by atoms with Gasteiger partial charge in [0.05, 0.1) is 15.6 Å². The molecule has 0 aliphatic heterocycles. The fourth-order valence-electron chi connectivity index (χ4n) is 1.84. The van der Waals surface area contributed by atoms with Gasteiger partial charge in [-0.25, -0.2) is 0 Å². The number of aryl methyl sites for hydroxylation is 1. The summed E-state index contributed by atoms with van der Waals surface area (Å²) in [6.45, 7) is 0.829. The Morgan fingerprint density at radius 1 is 1.33 bits per heavy atom. The Bertz CT molecular complexity index is 503. The topological polar surface area (TPSA) is 17.0 Å².